The van der Waals surface area contributed by atoms with Gasteiger partial charge in [0.1, 0.15) is 17.2 Å². The number of aryl methyl sites for hydroxylation is 1. The van der Waals surface area contributed by atoms with E-state index in [9.17, 15) is 9.59 Å². The van der Waals surface area contributed by atoms with E-state index in [0.717, 1.165) is 0 Å². The number of hydrogen-bond donors (Lipinski definition) is 1. The molecule has 23 heavy (non-hydrogen) atoms. The number of carbonyl (C=O) groups is 2. The molecule has 0 bridgehead atoms. The number of anilines is 1. The van der Waals surface area contributed by atoms with Gasteiger partial charge in [0, 0.05) is 37.1 Å². The minimum Gasteiger partial charge on any atom is -0.497 e. The normalized spacial score (nSPS) is 10.0. The van der Waals surface area contributed by atoms with Crippen LogP contribution in [0.25, 0.3) is 0 Å². The van der Waals surface area contributed by atoms with Crippen molar-refractivity contribution in [1.29, 1.82) is 0 Å². The molecule has 0 aliphatic rings. The van der Waals surface area contributed by atoms with Crippen molar-refractivity contribution < 1.29 is 23.8 Å². The van der Waals surface area contributed by atoms with Gasteiger partial charge in [-0.1, -0.05) is 0 Å². The van der Waals surface area contributed by atoms with E-state index in [4.69, 9.17) is 14.2 Å². The lowest BCUT2D eigenvalue weighted by atomic mass is 10.2. The highest BCUT2D eigenvalue weighted by molar-refractivity contribution is 5.95. The molecule has 0 radical (unpaired) electrons. The second-order valence-corrected chi connectivity index (χ2v) is 4.73. The molecule has 122 valence electrons. The van der Waals surface area contributed by atoms with Crippen LogP contribution in [0.4, 0.5) is 5.69 Å². The number of esters is 1. The van der Waals surface area contributed by atoms with Crippen LogP contribution in [0.3, 0.4) is 0 Å². The number of nitrogens with zero attached hydrogens (tertiary/aromatic N) is 1. The van der Waals surface area contributed by atoms with Gasteiger partial charge < -0.3 is 24.1 Å². The minimum absolute atomic E-state index is 0.376. The number of benzene rings is 1. The summed E-state index contributed by atoms with van der Waals surface area (Å²) in [7, 11) is 4.75. The summed E-state index contributed by atoms with van der Waals surface area (Å²) in [5.41, 5.74) is 0.863. The number of methoxy groups -OCH3 is 2. The lowest BCUT2D eigenvalue weighted by molar-refractivity contribution is -0.119. The summed E-state index contributed by atoms with van der Waals surface area (Å²) >= 11 is 0. The van der Waals surface area contributed by atoms with E-state index >= 15 is 0 Å². The number of ether oxygens (including phenoxy) is 3. The van der Waals surface area contributed by atoms with Crippen LogP contribution in [-0.4, -0.2) is 37.3 Å². The van der Waals surface area contributed by atoms with Gasteiger partial charge in [-0.3, -0.25) is 4.79 Å². The maximum absolute atomic E-state index is 11.9. The first kappa shape index (κ1) is 16.4. The molecule has 1 heterocycles. The van der Waals surface area contributed by atoms with Gasteiger partial charge in [-0.15, -0.1) is 0 Å². The number of rotatable bonds is 6. The molecule has 2 rings (SSSR count). The Hall–Kier alpha value is -2.96. The molecule has 0 spiro atoms. The maximum atomic E-state index is 11.9. The van der Waals surface area contributed by atoms with Crippen LogP contribution in [0.5, 0.6) is 11.5 Å². The van der Waals surface area contributed by atoms with E-state index in [2.05, 4.69) is 5.32 Å². The summed E-state index contributed by atoms with van der Waals surface area (Å²) < 4.78 is 16.8. The van der Waals surface area contributed by atoms with Gasteiger partial charge in [0.2, 0.25) is 0 Å². The second kappa shape index (κ2) is 7.35. The van der Waals surface area contributed by atoms with Crippen LogP contribution in [-0.2, 0) is 16.6 Å². The van der Waals surface area contributed by atoms with Crippen molar-refractivity contribution in [3.8, 4) is 11.5 Å². The quantitative estimate of drug-likeness (QED) is 0.822. The molecule has 7 heteroatoms. The van der Waals surface area contributed by atoms with Crippen molar-refractivity contribution in [3.63, 3.8) is 0 Å². The smallest absolute Gasteiger partial charge is 0.355 e. The standard InChI is InChI=1S/C16H18N2O5/c1-18-6-4-5-14(18)16(20)23-10-15(19)17-11-7-12(21-2)9-13(8-11)22-3/h4-9H,10H2,1-3H3,(H,17,19). The van der Waals surface area contributed by atoms with E-state index in [1.807, 2.05) is 0 Å². The molecule has 0 atom stereocenters. The molecule has 0 unspecified atom stereocenters. The van der Waals surface area contributed by atoms with Crippen LogP contribution in [0.15, 0.2) is 36.5 Å². The molecule has 0 aliphatic carbocycles. The van der Waals surface area contributed by atoms with E-state index in [1.165, 1.54) is 14.2 Å². The largest absolute Gasteiger partial charge is 0.497 e. The minimum atomic E-state index is -0.559. The predicted octanol–water partition coefficient (Wildman–Crippen LogP) is 1.84. The Bertz CT molecular complexity index is 686. The summed E-state index contributed by atoms with van der Waals surface area (Å²) in [4.78, 5) is 23.7. The van der Waals surface area contributed by atoms with Crippen molar-refractivity contribution in [2.24, 2.45) is 7.05 Å². The molecule has 1 aromatic heterocycles. The Morgan fingerprint density at radius 2 is 1.78 bits per heavy atom. The Morgan fingerprint density at radius 3 is 2.30 bits per heavy atom. The van der Waals surface area contributed by atoms with Gasteiger partial charge in [-0.25, -0.2) is 4.79 Å². The topological polar surface area (TPSA) is 78.8 Å². The highest BCUT2D eigenvalue weighted by atomic mass is 16.5. The fourth-order valence-corrected chi connectivity index (χ4v) is 1.95. The number of amides is 1. The van der Waals surface area contributed by atoms with Crippen molar-refractivity contribution in [3.05, 3.63) is 42.2 Å². The van der Waals surface area contributed by atoms with Gasteiger partial charge in [-0.05, 0) is 12.1 Å². The average molecular weight is 318 g/mol. The third kappa shape index (κ3) is 4.26. The summed E-state index contributed by atoms with van der Waals surface area (Å²) in [6.45, 7) is -0.385. The fourth-order valence-electron chi connectivity index (χ4n) is 1.95. The molecule has 0 saturated heterocycles. The highest BCUT2D eigenvalue weighted by Crippen LogP contribution is 2.25. The SMILES string of the molecule is COc1cc(NC(=O)COC(=O)c2cccn2C)cc(OC)c1. The van der Waals surface area contributed by atoms with Gasteiger partial charge >= 0.3 is 5.97 Å². The van der Waals surface area contributed by atoms with Crippen LogP contribution in [0.1, 0.15) is 10.5 Å². The average Bonchev–Trinajstić information content (AvgIpc) is 2.98. The number of hydrogen-bond acceptors (Lipinski definition) is 5. The second-order valence-electron chi connectivity index (χ2n) is 4.73. The van der Waals surface area contributed by atoms with Crippen molar-refractivity contribution in [2.75, 3.05) is 26.1 Å². The van der Waals surface area contributed by atoms with E-state index in [0.29, 0.717) is 22.9 Å². The monoisotopic (exact) mass is 318 g/mol. The Balaban J connectivity index is 1.95. The zero-order valence-corrected chi connectivity index (χ0v) is 13.2. The van der Waals surface area contributed by atoms with Gasteiger partial charge in [-0.2, -0.15) is 0 Å². The number of carbonyl (C=O) groups excluding carboxylic acids is 2. The number of nitrogens with one attached hydrogen (secondary N) is 1. The third-order valence-corrected chi connectivity index (χ3v) is 3.12. The Morgan fingerprint density at radius 1 is 1.13 bits per heavy atom. The molecule has 2 aromatic rings. The summed E-state index contributed by atoms with van der Waals surface area (Å²) in [5, 5.41) is 2.62. The Kier molecular flexibility index (Phi) is 5.24. The first-order valence-corrected chi connectivity index (χ1v) is 6.85. The van der Waals surface area contributed by atoms with Crippen LogP contribution >= 0.6 is 0 Å². The molecule has 1 aromatic carbocycles. The van der Waals surface area contributed by atoms with Crippen LogP contribution in [0.2, 0.25) is 0 Å². The molecule has 7 nitrogen and oxygen atoms in total. The summed E-state index contributed by atoms with van der Waals surface area (Å²) in [6, 6.07) is 8.30. The molecule has 0 saturated carbocycles. The maximum Gasteiger partial charge on any atom is 0.355 e. The van der Waals surface area contributed by atoms with Crippen molar-refractivity contribution in [2.45, 2.75) is 0 Å². The predicted molar refractivity (Wildman–Crippen MR) is 83.9 cm³/mol. The van der Waals surface area contributed by atoms with Crippen LogP contribution in [0, 0.1) is 0 Å². The number of aromatic nitrogens is 1. The van der Waals surface area contributed by atoms with Crippen LogP contribution < -0.4 is 14.8 Å². The first-order valence-electron chi connectivity index (χ1n) is 6.85. The summed E-state index contributed by atoms with van der Waals surface area (Å²) in [6.07, 6.45) is 1.72. The molecule has 1 N–H and O–H groups in total. The van der Waals surface area contributed by atoms with Crippen molar-refractivity contribution >= 4 is 17.6 Å². The fraction of sp³-hybridized carbons (Fsp3) is 0.250. The third-order valence-electron chi connectivity index (χ3n) is 3.12. The molecular weight excluding hydrogens is 300 g/mol. The van der Waals surface area contributed by atoms with E-state index in [1.54, 1.807) is 48.1 Å². The molecule has 0 aliphatic heterocycles. The lowest BCUT2D eigenvalue weighted by Gasteiger charge is -2.10. The Labute approximate surface area is 133 Å². The zero-order valence-electron chi connectivity index (χ0n) is 13.2. The van der Waals surface area contributed by atoms with Gasteiger partial charge in [0.05, 0.1) is 14.2 Å². The van der Waals surface area contributed by atoms with Crippen molar-refractivity contribution in [1.82, 2.24) is 4.57 Å². The van der Waals surface area contributed by atoms with Gasteiger partial charge in [0.15, 0.2) is 6.61 Å². The molecule has 1 amide bonds. The molecule has 0 fully saturated rings. The summed E-state index contributed by atoms with van der Waals surface area (Å²) in [5.74, 6) is 0.0691. The zero-order chi connectivity index (χ0) is 16.8. The van der Waals surface area contributed by atoms with E-state index in [-0.39, 0.29) is 6.61 Å². The highest BCUT2D eigenvalue weighted by Gasteiger charge is 2.13. The van der Waals surface area contributed by atoms with Gasteiger partial charge in [0.25, 0.3) is 5.91 Å². The van der Waals surface area contributed by atoms with E-state index < -0.39 is 11.9 Å². The first-order chi connectivity index (χ1) is 11.0. The lowest BCUT2D eigenvalue weighted by Crippen LogP contribution is -2.21. The molecular formula is C16H18N2O5.